The van der Waals surface area contributed by atoms with E-state index in [4.69, 9.17) is 4.74 Å². The summed E-state index contributed by atoms with van der Waals surface area (Å²) in [4.78, 5) is 50.5. The molecule has 154 valence electrons. The second kappa shape index (κ2) is 8.10. The number of hydrogen-bond acceptors (Lipinski definition) is 5. The van der Waals surface area contributed by atoms with Crippen LogP contribution < -0.4 is 5.32 Å². The number of anilines is 1. The molecule has 9 heteroatoms. The zero-order valence-electron chi connectivity index (χ0n) is 15.9. The standard InChI is InChI=1S/C20H20F2N2O5/c1-10(24-18(26)12-6-3-4-7-13(12)19(24)27)20(28)29-11(2)17(25)23-16-14(21)8-5-9-15(16)22/h3-5,8-13H,6-7H2,1-2H3,(H,23,25)/t10-,11-,12-,13+/m0/s1. The van der Waals surface area contributed by atoms with Gasteiger partial charge in [-0.1, -0.05) is 18.2 Å². The quantitative estimate of drug-likeness (QED) is 0.460. The third-order valence-corrected chi connectivity index (χ3v) is 5.14. The summed E-state index contributed by atoms with van der Waals surface area (Å²) in [5, 5.41) is 2.03. The van der Waals surface area contributed by atoms with Crippen LogP contribution in [0.1, 0.15) is 26.7 Å². The van der Waals surface area contributed by atoms with Crippen molar-refractivity contribution in [2.45, 2.75) is 38.8 Å². The number of carbonyl (C=O) groups is 4. The first-order valence-corrected chi connectivity index (χ1v) is 9.19. The van der Waals surface area contributed by atoms with Crippen LogP contribution in [0, 0.1) is 23.5 Å². The third-order valence-electron chi connectivity index (χ3n) is 5.14. The van der Waals surface area contributed by atoms with Gasteiger partial charge in [-0.05, 0) is 38.8 Å². The van der Waals surface area contributed by atoms with Crippen molar-refractivity contribution >= 4 is 29.4 Å². The minimum atomic E-state index is -1.40. The van der Waals surface area contributed by atoms with Gasteiger partial charge in [0.25, 0.3) is 5.91 Å². The molecule has 0 unspecified atom stereocenters. The molecule has 1 aliphatic carbocycles. The van der Waals surface area contributed by atoms with Crippen LogP contribution >= 0.6 is 0 Å². The third kappa shape index (κ3) is 3.90. The Hall–Kier alpha value is -3.10. The Morgan fingerprint density at radius 1 is 1.07 bits per heavy atom. The molecule has 3 amide bonds. The van der Waals surface area contributed by atoms with Gasteiger partial charge in [0.2, 0.25) is 11.8 Å². The van der Waals surface area contributed by atoms with Crippen LogP contribution in [0.25, 0.3) is 0 Å². The summed E-state index contributed by atoms with van der Waals surface area (Å²) in [6, 6.07) is 1.86. The van der Waals surface area contributed by atoms with Crippen LogP contribution in [-0.2, 0) is 23.9 Å². The Balaban J connectivity index is 1.64. The number of para-hydroxylation sites is 1. The predicted molar refractivity (Wildman–Crippen MR) is 97.2 cm³/mol. The number of amides is 3. The van der Waals surface area contributed by atoms with E-state index in [1.807, 2.05) is 17.5 Å². The number of hydrogen-bond donors (Lipinski definition) is 1. The van der Waals surface area contributed by atoms with E-state index in [0.717, 1.165) is 23.1 Å². The first-order valence-electron chi connectivity index (χ1n) is 9.19. The Labute approximate surface area is 165 Å². The summed E-state index contributed by atoms with van der Waals surface area (Å²) < 4.78 is 32.3. The van der Waals surface area contributed by atoms with Gasteiger partial charge in [0.15, 0.2) is 6.10 Å². The van der Waals surface area contributed by atoms with Crippen LogP contribution in [0.3, 0.4) is 0 Å². The molecule has 7 nitrogen and oxygen atoms in total. The van der Waals surface area contributed by atoms with Crippen LogP contribution in [0.2, 0.25) is 0 Å². The largest absolute Gasteiger partial charge is 0.451 e. The Bertz CT molecular complexity index is 855. The molecular weight excluding hydrogens is 386 g/mol. The fourth-order valence-corrected chi connectivity index (χ4v) is 3.48. The van der Waals surface area contributed by atoms with Crippen LogP contribution in [-0.4, -0.2) is 40.7 Å². The molecule has 0 radical (unpaired) electrons. The van der Waals surface area contributed by atoms with E-state index in [-0.39, 0.29) is 0 Å². The molecule has 1 heterocycles. The number of allylic oxidation sites excluding steroid dienone is 2. The minimum Gasteiger partial charge on any atom is -0.451 e. The van der Waals surface area contributed by atoms with Crippen molar-refractivity contribution in [2.75, 3.05) is 5.32 Å². The second-order valence-corrected chi connectivity index (χ2v) is 7.04. The maximum atomic E-state index is 13.7. The van der Waals surface area contributed by atoms with Gasteiger partial charge in [0, 0.05) is 0 Å². The summed E-state index contributed by atoms with van der Waals surface area (Å²) in [7, 11) is 0. The average molecular weight is 406 g/mol. The highest BCUT2D eigenvalue weighted by Crippen LogP contribution is 2.36. The predicted octanol–water partition coefficient (Wildman–Crippen LogP) is 2.17. The molecule has 1 aliphatic heterocycles. The highest BCUT2D eigenvalue weighted by Gasteiger charge is 2.50. The minimum absolute atomic E-state index is 0.431. The maximum Gasteiger partial charge on any atom is 0.329 e. The molecule has 1 N–H and O–H groups in total. The van der Waals surface area contributed by atoms with Crippen molar-refractivity contribution in [3.8, 4) is 0 Å². The smallest absolute Gasteiger partial charge is 0.329 e. The molecule has 0 spiro atoms. The normalized spacial score (nSPS) is 22.8. The van der Waals surface area contributed by atoms with Gasteiger partial charge in [-0.15, -0.1) is 0 Å². The lowest BCUT2D eigenvalue weighted by molar-refractivity contribution is -0.163. The van der Waals surface area contributed by atoms with Gasteiger partial charge in [-0.2, -0.15) is 0 Å². The van der Waals surface area contributed by atoms with Crippen LogP contribution in [0.5, 0.6) is 0 Å². The van der Waals surface area contributed by atoms with E-state index < -0.39 is 65.0 Å². The van der Waals surface area contributed by atoms with Gasteiger partial charge in [0.1, 0.15) is 23.4 Å². The van der Waals surface area contributed by atoms with Gasteiger partial charge < -0.3 is 10.1 Å². The number of carbonyl (C=O) groups excluding carboxylic acids is 4. The molecule has 29 heavy (non-hydrogen) atoms. The molecule has 0 bridgehead atoms. The van der Waals surface area contributed by atoms with Crippen molar-refractivity contribution in [1.29, 1.82) is 0 Å². The molecular formula is C20H20F2N2O5. The van der Waals surface area contributed by atoms with Crippen LogP contribution in [0.4, 0.5) is 14.5 Å². The van der Waals surface area contributed by atoms with E-state index in [0.29, 0.717) is 12.8 Å². The summed E-state index contributed by atoms with van der Waals surface area (Å²) in [5.74, 6) is -5.75. The van der Waals surface area contributed by atoms with Gasteiger partial charge in [-0.25, -0.2) is 13.6 Å². The molecule has 1 aromatic rings. The van der Waals surface area contributed by atoms with Crippen molar-refractivity contribution in [1.82, 2.24) is 4.90 Å². The first kappa shape index (κ1) is 20.6. The summed E-state index contributed by atoms with van der Waals surface area (Å²) in [6.45, 7) is 2.56. The highest BCUT2D eigenvalue weighted by molar-refractivity contribution is 6.08. The number of rotatable bonds is 5. The molecule has 3 rings (SSSR count). The zero-order chi connectivity index (χ0) is 21.3. The average Bonchev–Trinajstić information content (AvgIpc) is 2.95. The number of benzene rings is 1. The number of likely N-dealkylation sites (tertiary alicyclic amines) is 1. The number of nitrogens with one attached hydrogen (secondary N) is 1. The monoisotopic (exact) mass is 406 g/mol. The molecule has 1 saturated heterocycles. The number of imide groups is 1. The van der Waals surface area contributed by atoms with Crippen molar-refractivity contribution in [3.63, 3.8) is 0 Å². The Morgan fingerprint density at radius 3 is 2.10 bits per heavy atom. The summed E-state index contributed by atoms with van der Waals surface area (Å²) >= 11 is 0. The van der Waals surface area contributed by atoms with Gasteiger partial charge in [0.05, 0.1) is 11.8 Å². The fraction of sp³-hybridized carbons (Fsp3) is 0.400. The topological polar surface area (TPSA) is 92.8 Å². The van der Waals surface area contributed by atoms with E-state index in [1.165, 1.54) is 13.8 Å². The lowest BCUT2D eigenvalue weighted by atomic mass is 9.85. The number of ether oxygens (including phenoxy) is 1. The lowest BCUT2D eigenvalue weighted by Gasteiger charge is -2.23. The SMILES string of the molecule is C[C@H](OC(=O)[C@H](C)N1C(=O)[C@H]2CC=CC[C@H]2C1=O)C(=O)Nc1c(F)cccc1F. The van der Waals surface area contributed by atoms with E-state index in [1.54, 1.807) is 0 Å². The molecule has 1 aromatic carbocycles. The fourth-order valence-electron chi connectivity index (χ4n) is 3.48. The molecule has 2 aliphatic rings. The number of nitrogens with zero attached hydrogens (tertiary/aromatic N) is 1. The Kier molecular flexibility index (Phi) is 5.76. The van der Waals surface area contributed by atoms with Crippen molar-refractivity contribution < 1.29 is 32.7 Å². The van der Waals surface area contributed by atoms with E-state index in [2.05, 4.69) is 0 Å². The zero-order valence-corrected chi connectivity index (χ0v) is 15.9. The van der Waals surface area contributed by atoms with Crippen LogP contribution in [0.15, 0.2) is 30.4 Å². The highest BCUT2D eigenvalue weighted by atomic mass is 19.1. The molecule has 1 fully saturated rings. The summed E-state index contributed by atoms with van der Waals surface area (Å²) in [5.41, 5.74) is -0.657. The van der Waals surface area contributed by atoms with Crippen molar-refractivity contribution in [2.24, 2.45) is 11.8 Å². The molecule has 0 aromatic heterocycles. The van der Waals surface area contributed by atoms with E-state index in [9.17, 15) is 28.0 Å². The molecule has 0 saturated carbocycles. The first-order chi connectivity index (χ1) is 13.7. The number of fused-ring (bicyclic) bond motifs is 1. The number of esters is 1. The number of halogens is 2. The second-order valence-electron chi connectivity index (χ2n) is 7.04. The molecule has 4 atom stereocenters. The maximum absolute atomic E-state index is 13.7. The van der Waals surface area contributed by atoms with E-state index >= 15 is 0 Å². The van der Waals surface area contributed by atoms with Crippen molar-refractivity contribution in [3.05, 3.63) is 42.0 Å². The van der Waals surface area contributed by atoms with Gasteiger partial charge in [-0.3, -0.25) is 19.3 Å². The summed E-state index contributed by atoms with van der Waals surface area (Å²) in [6.07, 6.45) is 3.11. The lowest BCUT2D eigenvalue weighted by Crippen LogP contribution is -2.46. The van der Waals surface area contributed by atoms with Gasteiger partial charge >= 0.3 is 5.97 Å². The Morgan fingerprint density at radius 2 is 1.59 bits per heavy atom.